The first-order chi connectivity index (χ1) is 17.1. The molecule has 0 bridgehead atoms. The molecular weight excluding hydrogens is 481 g/mol. The van der Waals surface area contributed by atoms with E-state index in [0.29, 0.717) is 41.0 Å². The highest BCUT2D eigenvalue weighted by Crippen LogP contribution is 2.33. The summed E-state index contributed by atoms with van der Waals surface area (Å²) in [6.45, 7) is 3.60. The Morgan fingerprint density at radius 3 is 2.03 bits per heavy atom. The van der Waals surface area contributed by atoms with Crippen LogP contribution in [-0.4, -0.2) is 0 Å². The zero-order valence-corrected chi connectivity index (χ0v) is 19.0. The Bertz CT molecular complexity index is 1410. The standard InChI is InChI=1S/C29H21F7/c1-2-3-4-18-14-25(31)27(26(32)15-18)21-10-11-22-20(16-21)9-8-19(28(22)33)7-5-17-6-12-23(24(30)13-17)29(34,35)36/h2,6,8-16H,1,3-5,7H2. The van der Waals surface area contributed by atoms with Gasteiger partial charge in [-0.3, -0.25) is 0 Å². The van der Waals surface area contributed by atoms with E-state index in [9.17, 15) is 26.3 Å². The van der Waals surface area contributed by atoms with Crippen LogP contribution < -0.4 is 0 Å². The third-order valence-electron chi connectivity index (χ3n) is 6.08. The molecule has 4 rings (SSSR count). The van der Waals surface area contributed by atoms with Gasteiger partial charge >= 0.3 is 6.18 Å². The summed E-state index contributed by atoms with van der Waals surface area (Å²) in [7, 11) is 0. The summed E-state index contributed by atoms with van der Waals surface area (Å²) >= 11 is 0. The van der Waals surface area contributed by atoms with E-state index in [2.05, 4.69) is 6.58 Å². The fourth-order valence-corrected chi connectivity index (χ4v) is 4.22. The molecule has 0 nitrogen and oxygen atoms in total. The van der Waals surface area contributed by atoms with Crippen molar-refractivity contribution in [3.8, 4) is 11.1 Å². The second kappa shape index (κ2) is 10.2. The largest absolute Gasteiger partial charge is 0.419 e. The van der Waals surface area contributed by atoms with Crippen LogP contribution >= 0.6 is 0 Å². The number of aryl methyl sites for hydroxylation is 3. The fraction of sp³-hybridized carbons (Fsp3) is 0.172. The molecule has 0 aliphatic rings. The van der Waals surface area contributed by atoms with Gasteiger partial charge in [-0.2, -0.15) is 13.2 Å². The van der Waals surface area contributed by atoms with Crippen molar-refractivity contribution >= 4 is 10.8 Å². The number of allylic oxidation sites excluding steroid dienone is 1. The molecule has 4 aromatic carbocycles. The van der Waals surface area contributed by atoms with Gasteiger partial charge in [-0.1, -0.05) is 36.4 Å². The second-order valence-corrected chi connectivity index (χ2v) is 8.55. The lowest BCUT2D eigenvalue weighted by molar-refractivity contribution is -0.140. The third-order valence-corrected chi connectivity index (χ3v) is 6.08. The fourth-order valence-electron chi connectivity index (χ4n) is 4.22. The predicted molar refractivity (Wildman–Crippen MR) is 127 cm³/mol. The van der Waals surface area contributed by atoms with Crippen molar-refractivity contribution in [2.45, 2.75) is 31.9 Å². The normalized spacial score (nSPS) is 11.8. The summed E-state index contributed by atoms with van der Waals surface area (Å²) in [5.74, 6) is -3.35. The first-order valence-corrected chi connectivity index (χ1v) is 11.2. The highest BCUT2D eigenvalue weighted by atomic mass is 19.4. The summed E-state index contributed by atoms with van der Waals surface area (Å²) in [6.07, 6.45) is -1.82. The lowest BCUT2D eigenvalue weighted by atomic mass is 9.95. The van der Waals surface area contributed by atoms with E-state index in [0.717, 1.165) is 6.07 Å². The van der Waals surface area contributed by atoms with Gasteiger partial charge < -0.3 is 0 Å². The van der Waals surface area contributed by atoms with Crippen LogP contribution in [-0.2, 0) is 25.4 Å². The van der Waals surface area contributed by atoms with Gasteiger partial charge in [-0.05, 0) is 83.7 Å². The highest BCUT2D eigenvalue weighted by Gasteiger charge is 2.33. The number of fused-ring (bicyclic) bond motifs is 1. The van der Waals surface area contributed by atoms with E-state index in [4.69, 9.17) is 0 Å². The maximum atomic E-state index is 15.2. The van der Waals surface area contributed by atoms with Crippen molar-refractivity contribution in [3.05, 3.63) is 119 Å². The summed E-state index contributed by atoms with van der Waals surface area (Å²) in [5.41, 5.74) is -0.179. The minimum absolute atomic E-state index is 0.129. The van der Waals surface area contributed by atoms with Gasteiger partial charge in [0.15, 0.2) is 0 Å². The molecular formula is C29H21F7. The number of hydrogen-bond acceptors (Lipinski definition) is 0. The predicted octanol–water partition coefficient (Wildman–Crippen LogP) is 8.99. The number of benzene rings is 4. The molecule has 0 spiro atoms. The maximum absolute atomic E-state index is 15.2. The van der Waals surface area contributed by atoms with Crippen molar-refractivity contribution in [2.75, 3.05) is 0 Å². The van der Waals surface area contributed by atoms with E-state index >= 15 is 4.39 Å². The molecule has 0 atom stereocenters. The third kappa shape index (κ3) is 5.30. The molecule has 0 heterocycles. The Labute approximate surface area is 203 Å². The van der Waals surface area contributed by atoms with Crippen molar-refractivity contribution < 1.29 is 30.7 Å². The molecule has 4 aromatic rings. The number of alkyl halides is 3. The van der Waals surface area contributed by atoms with Crippen LogP contribution in [0.5, 0.6) is 0 Å². The van der Waals surface area contributed by atoms with Gasteiger partial charge in [-0.15, -0.1) is 6.58 Å². The van der Waals surface area contributed by atoms with E-state index < -0.39 is 35.0 Å². The number of rotatable bonds is 7. The summed E-state index contributed by atoms with van der Waals surface area (Å²) in [5, 5.41) is 0.669. The molecule has 0 saturated carbocycles. The molecule has 36 heavy (non-hydrogen) atoms. The van der Waals surface area contributed by atoms with Crippen LogP contribution in [0.1, 0.15) is 28.7 Å². The van der Waals surface area contributed by atoms with Gasteiger partial charge in [0, 0.05) is 5.39 Å². The number of hydrogen-bond donors (Lipinski definition) is 0. The smallest absolute Gasteiger partial charge is 0.206 e. The Kier molecular flexibility index (Phi) is 7.20. The molecule has 0 amide bonds. The highest BCUT2D eigenvalue weighted by molar-refractivity contribution is 5.88. The van der Waals surface area contributed by atoms with Crippen molar-refractivity contribution in [1.82, 2.24) is 0 Å². The Balaban J connectivity index is 1.58. The van der Waals surface area contributed by atoms with Crippen LogP contribution in [0.15, 0.2) is 73.3 Å². The van der Waals surface area contributed by atoms with E-state index in [-0.39, 0.29) is 29.4 Å². The molecule has 0 N–H and O–H groups in total. The van der Waals surface area contributed by atoms with Crippen LogP contribution in [0.3, 0.4) is 0 Å². The molecule has 186 valence electrons. The van der Waals surface area contributed by atoms with Crippen LogP contribution in [0, 0.1) is 23.3 Å². The molecule has 0 aliphatic heterocycles. The SMILES string of the molecule is C=CCCc1cc(F)c(-c2ccc3c(F)c(CCc4ccc(C(F)(F)F)c(F)c4)ccc3c2)c(F)c1. The lowest BCUT2D eigenvalue weighted by Crippen LogP contribution is -2.08. The zero-order valence-electron chi connectivity index (χ0n) is 19.0. The quantitative estimate of drug-likeness (QED) is 0.175. The summed E-state index contributed by atoms with van der Waals surface area (Å²) in [4.78, 5) is 0. The lowest BCUT2D eigenvalue weighted by Gasteiger charge is -2.12. The van der Waals surface area contributed by atoms with E-state index in [1.165, 1.54) is 42.5 Å². The molecule has 0 fully saturated rings. The molecule has 7 heteroatoms. The average Bonchev–Trinajstić information content (AvgIpc) is 2.81. The van der Waals surface area contributed by atoms with E-state index in [1.54, 1.807) is 12.1 Å². The monoisotopic (exact) mass is 502 g/mol. The summed E-state index contributed by atoms with van der Waals surface area (Å²) in [6, 6.07) is 12.7. The molecule has 0 saturated heterocycles. The minimum atomic E-state index is -4.79. The average molecular weight is 502 g/mol. The Hall–Kier alpha value is -3.61. The van der Waals surface area contributed by atoms with Gasteiger partial charge in [0.05, 0.1) is 11.1 Å². The van der Waals surface area contributed by atoms with Crippen LogP contribution in [0.25, 0.3) is 21.9 Å². The van der Waals surface area contributed by atoms with Crippen molar-refractivity contribution in [3.63, 3.8) is 0 Å². The van der Waals surface area contributed by atoms with Gasteiger partial charge in [0.1, 0.15) is 23.3 Å². The van der Waals surface area contributed by atoms with Gasteiger partial charge in [0.2, 0.25) is 0 Å². The van der Waals surface area contributed by atoms with Crippen LogP contribution in [0.2, 0.25) is 0 Å². The van der Waals surface area contributed by atoms with Gasteiger partial charge in [-0.25, -0.2) is 17.6 Å². The molecule has 0 radical (unpaired) electrons. The molecule has 0 aromatic heterocycles. The zero-order chi connectivity index (χ0) is 26.0. The maximum Gasteiger partial charge on any atom is 0.419 e. The summed E-state index contributed by atoms with van der Waals surface area (Å²) < 4.78 is 96.6. The number of halogens is 7. The van der Waals surface area contributed by atoms with Crippen molar-refractivity contribution in [2.24, 2.45) is 0 Å². The Morgan fingerprint density at radius 2 is 1.39 bits per heavy atom. The Morgan fingerprint density at radius 1 is 0.694 bits per heavy atom. The second-order valence-electron chi connectivity index (χ2n) is 8.55. The van der Waals surface area contributed by atoms with E-state index in [1.807, 2.05) is 0 Å². The minimum Gasteiger partial charge on any atom is -0.206 e. The van der Waals surface area contributed by atoms with Crippen LogP contribution in [0.4, 0.5) is 30.7 Å². The topological polar surface area (TPSA) is 0 Å². The molecule has 0 unspecified atom stereocenters. The van der Waals surface area contributed by atoms with Crippen molar-refractivity contribution in [1.29, 1.82) is 0 Å². The first-order valence-electron chi connectivity index (χ1n) is 11.2. The molecule has 0 aliphatic carbocycles. The first kappa shape index (κ1) is 25.5. The van der Waals surface area contributed by atoms with Gasteiger partial charge in [0.25, 0.3) is 0 Å².